The lowest BCUT2D eigenvalue weighted by Gasteiger charge is -2.08. The summed E-state index contributed by atoms with van der Waals surface area (Å²) in [6, 6.07) is 13.8. The van der Waals surface area contributed by atoms with E-state index in [9.17, 15) is 0 Å². The first-order valence-corrected chi connectivity index (χ1v) is 11.7. The van der Waals surface area contributed by atoms with E-state index in [0.717, 1.165) is 33.0 Å². The molecule has 154 valence electrons. The Balaban J connectivity index is 1.38. The number of aryl methyl sites for hydroxylation is 2. The number of halogens is 1. The van der Waals surface area contributed by atoms with Gasteiger partial charge in [0.2, 0.25) is 0 Å². The first kappa shape index (κ1) is 20.9. The number of rotatable bonds is 7. The highest BCUT2D eigenvalue weighted by molar-refractivity contribution is 7.98. The van der Waals surface area contributed by atoms with Crippen molar-refractivity contribution in [1.29, 1.82) is 0 Å². The number of aromatic nitrogens is 4. The van der Waals surface area contributed by atoms with Gasteiger partial charge in [-0.1, -0.05) is 47.6 Å². The van der Waals surface area contributed by atoms with Gasteiger partial charge in [-0.2, -0.15) is 0 Å². The quantitative estimate of drug-likeness (QED) is 0.315. The number of nitrogens with zero attached hydrogens (tertiary/aromatic N) is 4. The molecule has 5 nitrogen and oxygen atoms in total. The summed E-state index contributed by atoms with van der Waals surface area (Å²) < 4.78 is 7.86. The molecule has 0 N–H and O–H groups in total. The Labute approximate surface area is 189 Å². The lowest BCUT2D eigenvalue weighted by atomic mass is 10.1. The fraction of sp³-hybridized carbons (Fsp3) is 0.227. The highest BCUT2D eigenvalue weighted by Gasteiger charge is 2.13. The molecule has 0 saturated heterocycles. The van der Waals surface area contributed by atoms with Crippen LogP contribution in [0.2, 0.25) is 5.02 Å². The van der Waals surface area contributed by atoms with Crippen molar-refractivity contribution in [2.75, 3.05) is 0 Å². The molecular weight excluding hydrogens is 436 g/mol. The lowest BCUT2D eigenvalue weighted by molar-refractivity contribution is 0.290. The summed E-state index contributed by atoms with van der Waals surface area (Å²) >= 11 is 9.48. The molecule has 0 fully saturated rings. The van der Waals surface area contributed by atoms with E-state index < -0.39 is 0 Å². The molecule has 0 unspecified atom stereocenters. The average molecular weight is 457 g/mol. The zero-order valence-electron chi connectivity index (χ0n) is 16.9. The topological polar surface area (TPSA) is 52.8 Å². The third-order valence-electron chi connectivity index (χ3n) is 4.78. The van der Waals surface area contributed by atoms with E-state index in [1.165, 1.54) is 11.1 Å². The largest absolute Gasteiger partial charge is 0.486 e. The highest BCUT2D eigenvalue weighted by Crippen LogP contribution is 2.31. The molecule has 2 heterocycles. The first-order chi connectivity index (χ1) is 14.5. The maximum absolute atomic E-state index is 6.28. The highest BCUT2D eigenvalue weighted by atomic mass is 35.5. The van der Waals surface area contributed by atoms with Gasteiger partial charge in [0.15, 0.2) is 11.0 Å². The molecule has 0 amide bonds. The predicted octanol–water partition coefficient (Wildman–Crippen LogP) is 6.08. The number of thiazole rings is 1. The molecular formula is C22H21ClN4OS2. The standard InChI is InChI=1S/C22H21ClN4OS2/c1-14-8-9-17(10-15(14)2)28-11-20-25-26-22(27(20)3)30-13-16-12-29-21(24-16)18-6-4-5-7-19(18)23/h4-10,12H,11,13H2,1-3H3. The summed E-state index contributed by atoms with van der Waals surface area (Å²) in [5, 5.41) is 13.1. The maximum Gasteiger partial charge on any atom is 0.191 e. The first-order valence-electron chi connectivity index (χ1n) is 9.41. The normalized spacial score (nSPS) is 11.1. The van der Waals surface area contributed by atoms with Gasteiger partial charge >= 0.3 is 0 Å². The zero-order valence-corrected chi connectivity index (χ0v) is 19.3. The summed E-state index contributed by atoms with van der Waals surface area (Å²) in [4.78, 5) is 4.72. The van der Waals surface area contributed by atoms with Gasteiger partial charge in [0.05, 0.1) is 10.7 Å². The smallest absolute Gasteiger partial charge is 0.191 e. The Morgan fingerprint density at radius 3 is 2.73 bits per heavy atom. The van der Waals surface area contributed by atoms with Gasteiger partial charge in [0.1, 0.15) is 17.4 Å². The van der Waals surface area contributed by atoms with E-state index in [1.807, 2.05) is 48.0 Å². The summed E-state index contributed by atoms with van der Waals surface area (Å²) in [6.07, 6.45) is 0. The summed E-state index contributed by atoms with van der Waals surface area (Å²) in [6.45, 7) is 4.54. The summed E-state index contributed by atoms with van der Waals surface area (Å²) in [5.41, 5.74) is 4.42. The average Bonchev–Trinajstić information content (AvgIpc) is 3.34. The molecule has 0 aliphatic rings. The number of hydrogen-bond acceptors (Lipinski definition) is 6. The summed E-state index contributed by atoms with van der Waals surface area (Å²) in [5.74, 6) is 2.33. The van der Waals surface area contributed by atoms with Crippen molar-refractivity contribution in [3.8, 4) is 16.3 Å². The van der Waals surface area contributed by atoms with Gasteiger partial charge in [-0.25, -0.2) is 4.98 Å². The van der Waals surface area contributed by atoms with Crippen molar-refractivity contribution in [2.45, 2.75) is 31.4 Å². The summed E-state index contributed by atoms with van der Waals surface area (Å²) in [7, 11) is 1.96. The molecule has 0 radical (unpaired) electrons. The van der Waals surface area contributed by atoms with Gasteiger partial charge < -0.3 is 9.30 Å². The molecule has 2 aromatic heterocycles. The van der Waals surface area contributed by atoms with Crippen molar-refractivity contribution in [1.82, 2.24) is 19.7 Å². The van der Waals surface area contributed by atoms with Crippen molar-refractivity contribution in [3.63, 3.8) is 0 Å². The minimum absolute atomic E-state index is 0.375. The fourth-order valence-electron chi connectivity index (χ4n) is 2.82. The van der Waals surface area contributed by atoms with Crippen molar-refractivity contribution >= 4 is 34.7 Å². The number of benzene rings is 2. The van der Waals surface area contributed by atoms with Crippen LogP contribution in [-0.2, 0) is 19.4 Å². The van der Waals surface area contributed by atoms with E-state index in [1.54, 1.807) is 23.1 Å². The van der Waals surface area contributed by atoms with E-state index in [0.29, 0.717) is 17.4 Å². The van der Waals surface area contributed by atoms with E-state index >= 15 is 0 Å². The van der Waals surface area contributed by atoms with Crippen LogP contribution in [0.3, 0.4) is 0 Å². The second kappa shape index (κ2) is 9.20. The Bertz CT molecular complexity index is 1170. The Morgan fingerprint density at radius 1 is 1.10 bits per heavy atom. The molecule has 2 aromatic carbocycles. The van der Waals surface area contributed by atoms with Crippen LogP contribution in [0.5, 0.6) is 5.75 Å². The Morgan fingerprint density at radius 2 is 1.93 bits per heavy atom. The molecule has 0 saturated carbocycles. The Hall–Kier alpha value is -2.35. The SMILES string of the molecule is Cc1ccc(OCc2nnc(SCc3csc(-c4ccccc4Cl)n3)n2C)cc1C. The molecule has 4 rings (SSSR count). The molecule has 0 spiro atoms. The Kier molecular flexibility index (Phi) is 6.41. The van der Waals surface area contributed by atoms with Crippen molar-refractivity contribution in [3.05, 3.63) is 75.5 Å². The van der Waals surface area contributed by atoms with Gasteiger partial charge in [-0.15, -0.1) is 21.5 Å². The van der Waals surface area contributed by atoms with E-state index in [-0.39, 0.29) is 0 Å². The van der Waals surface area contributed by atoms with Crippen LogP contribution in [-0.4, -0.2) is 19.7 Å². The van der Waals surface area contributed by atoms with Crippen LogP contribution in [0, 0.1) is 13.8 Å². The van der Waals surface area contributed by atoms with Gasteiger partial charge in [0.25, 0.3) is 0 Å². The number of ether oxygens (including phenoxy) is 1. The predicted molar refractivity (Wildman–Crippen MR) is 123 cm³/mol. The number of thioether (sulfide) groups is 1. The second-order valence-electron chi connectivity index (χ2n) is 6.91. The van der Waals surface area contributed by atoms with Crippen LogP contribution < -0.4 is 4.74 Å². The lowest BCUT2D eigenvalue weighted by Crippen LogP contribution is -2.04. The molecule has 0 bridgehead atoms. The van der Waals surface area contributed by atoms with Crippen LogP contribution in [0.4, 0.5) is 0 Å². The molecule has 0 atom stereocenters. The van der Waals surface area contributed by atoms with Gasteiger partial charge in [-0.3, -0.25) is 0 Å². The van der Waals surface area contributed by atoms with Crippen LogP contribution >= 0.6 is 34.7 Å². The molecule has 0 aliphatic carbocycles. The molecule has 0 aliphatic heterocycles. The van der Waals surface area contributed by atoms with E-state index in [2.05, 4.69) is 35.5 Å². The van der Waals surface area contributed by atoms with Crippen molar-refractivity contribution < 1.29 is 4.74 Å². The maximum atomic E-state index is 6.28. The van der Waals surface area contributed by atoms with Crippen LogP contribution in [0.25, 0.3) is 10.6 Å². The van der Waals surface area contributed by atoms with Crippen molar-refractivity contribution in [2.24, 2.45) is 7.05 Å². The van der Waals surface area contributed by atoms with Crippen LogP contribution in [0.1, 0.15) is 22.6 Å². The molecule has 4 aromatic rings. The van der Waals surface area contributed by atoms with E-state index in [4.69, 9.17) is 21.3 Å². The fourth-order valence-corrected chi connectivity index (χ4v) is 4.89. The minimum atomic E-state index is 0.375. The zero-order chi connectivity index (χ0) is 21.1. The molecule has 30 heavy (non-hydrogen) atoms. The second-order valence-corrected chi connectivity index (χ2v) is 9.11. The monoisotopic (exact) mass is 456 g/mol. The van der Waals surface area contributed by atoms with Gasteiger partial charge in [-0.05, 0) is 43.2 Å². The number of hydrogen-bond donors (Lipinski definition) is 0. The van der Waals surface area contributed by atoms with Gasteiger partial charge in [0, 0.05) is 23.7 Å². The third-order valence-corrected chi connectivity index (χ3v) is 7.08. The third kappa shape index (κ3) is 4.69. The molecule has 8 heteroatoms. The minimum Gasteiger partial charge on any atom is -0.486 e. The van der Waals surface area contributed by atoms with Crippen LogP contribution in [0.15, 0.2) is 53.0 Å².